The van der Waals surface area contributed by atoms with E-state index in [9.17, 15) is 14.9 Å². The van der Waals surface area contributed by atoms with Crippen molar-refractivity contribution >= 4 is 29.3 Å². The van der Waals surface area contributed by atoms with Gasteiger partial charge in [-0.2, -0.15) is 0 Å². The van der Waals surface area contributed by atoms with Gasteiger partial charge >= 0.3 is 0 Å². The number of nitrogens with one attached hydrogen (secondary N) is 1. The fourth-order valence-electron chi connectivity index (χ4n) is 3.36. The van der Waals surface area contributed by atoms with E-state index in [0.29, 0.717) is 11.6 Å². The second-order valence-electron chi connectivity index (χ2n) is 6.74. The number of nitro groups is 1. The largest absolute Gasteiger partial charge is 0.351 e. The molecule has 0 bridgehead atoms. The first-order chi connectivity index (χ1) is 13.5. The zero-order valence-electron chi connectivity index (χ0n) is 15.4. The Morgan fingerprint density at radius 3 is 2.57 bits per heavy atom. The van der Waals surface area contributed by atoms with Gasteiger partial charge in [-0.05, 0) is 67.4 Å². The van der Waals surface area contributed by atoms with Crippen LogP contribution in [0.3, 0.4) is 0 Å². The predicted octanol–water partition coefficient (Wildman–Crippen LogP) is 4.21. The summed E-state index contributed by atoms with van der Waals surface area (Å²) in [6.07, 6.45) is 5.40. The van der Waals surface area contributed by atoms with Crippen LogP contribution in [0, 0.1) is 10.1 Å². The molecule has 1 N–H and O–H groups in total. The summed E-state index contributed by atoms with van der Waals surface area (Å²) in [6, 6.07) is 13.9. The average Bonchev–Trinajstić information content (AvgIpc) is 3.21. The van der Waals surface area contributed by atoms with Gasteiger partial charge < -0.3 is 5.32 Å². The molecule has 1 unspecified atom stereocenters. The smallest absolute Gasteiger partial charge is 0.269 e. The van der Waals surface area contributed by atoms with Crippen LogP contribution in [-0.2, 0) is 4.79 Å². The van der Waals surface area contributed by atoms with Crippen molar-refractivity contribution in [3.63, 3.8) is 0 Å². The molecule has 0 aromatic heterocycles. The molecule has 2 aromatic rings. The van der Waals surface area contributed by atoms with Crippen molar-refractivity contribution in [2.45, 2.75) is 18.9 Å². The van der Waals surface area contributed by atoms with Crippen LogP contribution in [0.2, 0.25) is 5.02 Å². The van der Waals surface area contributed by atoms with Crippen molar-refractivity contribution in [3.8, 4) is 0 Å². The highest BCUT2D eigenvalue weighted by molar-refractivity contribution is 6.30. The summed E-state index contributed by atoms with van der Waals surface area (Å²) in [6.45, 7) is 2.50. The molecule has 1 aliphatic heterocycles. The normalized spacial score (nSPS) is 15.6. The Balaban J connectivity index is 1.62. The molecule has 28 heavy (non-hydrogen) atoms. The molecule has 1 fully saturated rings. The van der Waals surface area contributed by atoms with E-state index < -0.39 is 4.92 Å². The van der Waals surface area contributed by atoms with Gasteiger partial charge in [0.1, 0.15) is 0 Å². The first-order valence-corrected chi connectivity index (χ1v) is 9.60. The first-order valence-electron chi connectivity index (χ1n) is 9.23. The van der Waals surface area contributed by atoms with Gasteiger partial charge in [-0.3, -0.25) is 19.8 Å². The lowest BCUT2D eigenvalue weighted by molar-refractivity contribution is -0.384. The molecular weight excluding hydrogens is 378 g/mol. The van der Waals surface area contributed by atoms with Crippen LogP contribution in [0.5, 0.6) is 0 Å². The number of amides is 1. The molecule has 0 radical (unpaired) electrons. The maximum absolute atomic E-state index is 12.3. The van der Waals surface area contributed by atoms with Gasteiger partial charge in [-0.1, -0.05) is 23.7 Å². The Labute approximate surface area is 169 Å². The Morgan fingerprint density at radius 2 is 1.93 bits per heavy atom. The summed E-state index contributed by atoms with van der Waals surface area (Å²) in [7, 11) is 0. The van der Waals surface area contributed by atoms with Crippen molar-refractivity contribution in [2.24, 2.45) is 0 Å². The van der Waals surface area contributed by atoms with Crippen LogP contribution in [-0.4, -0.2) is 35.4 Å². The van der Waals surface area contributed by atoms with Crippen molar-refractivity contribution in [2.75, 3.05) is 19.6 Å². The minimum Gasteiger partial charge on any atom is -0.351 e. The summed E-state index contributed by atoms with van der Waals surface area (Å²) < 4.78 is 0. The molecular formula is C21H22ClN3O3. The van der Waals surface area contributed by atoms with Gasteiger partial charge in [0, 0.05) is 29.8 Å². The minimum absolute atomic E-state index is 0.0246. The van der Waals surface area contributed by atoms with Crippen LogP contribution in [0.15, 0.2) is 54.6 Å². The number of carbonyl (C=O) groups excluding carboxylic acids is 1. The highest BCUT2D eigenvalue weighted by Gasteiger charge is 2.23. The second-order valence-corrected chi connectivity index (χ2v) is 7.18. The van der Waals surface area contributed by atoms with Crippen LogP contribution in [0.1, 0.15) is 30.0 Å². The number of likely N-dealkylation sites (tertiary alicyclic amines) is 1. The first kappa shape index (κ1) is 20.0. The Morgan fingerprint density at radius 1 is 1.21 bits per heavy atom. The second kappa shape index (κ2) is 9.48. The van der Waals surface area contributed by atoms with Gasteiger partial charge in [0.15, 0.2) is 0 Å². The molecule has 1 heterocycles. The lowest BCUT2D eigenvalue weighted by atomic mass is 10.1. The maximum atomic E-state index is 12.3. The van der Waals surface area contributed by atoms with Crippen molar-refractivity contribution in [3.05, 3.63) is 80.9 Å². The molecule has 0 saturated carbocycles. The SMILES string of the molecule is O=C(/C=C/c1ccc([N+](=O)[O-])cc1)NCC(c1cccc(Cl)c1)N1CCCC1. The zero-order valence-corrected chi connectivity index (χ0v) is 16.1. The van der Waals surface area contributed by atoms with Crippen molar-refractivity contribution < 1.29 is 9.72 Å². The minimum atomic E-state index is -0.450. The van der Waals surface area contributed by atoms with E-state index in [0.717, 1.165) is 37.1 Å². The van der Waals surface area contributed by atoms with E-state index in [1.165, 1.54) is 18.2 Å². The number of nitro benzene ring substituents is 1. The number of benzene rings is 2. The summed E-state index contributed by atoms with van der Waals surface area (Å²) in [5.74, 6) is -0.204. The van der Waals surface area contributed by atoms with Crippen molar-refractivity contribution in [1.82, 2.24) is 10.2 Å². The molecule has 146 valence electrons. The molecule has 0 aliphatic carbocycles. The van der Waals surface area contributed by atoms with Crippen LogP contribution < -0.4 is 5.32 Å². The number of carbonyl (C=O) groups is 1. The van der Waals surface area contributed by atoms with E-state index in [-0.39, 0.29) is 17.6 Å². The molecule has 1 saturated heterocycles. The number of nitrogens with zero attached hydrogens (tertiary/aromatic N) is 2. The van der Waals surface area contributed by atoms with Gasteiger partial charge in [0.25, 0.3) is 5.69 Å². The average molecular weight is 400 g/mol. The predicted molar refractivity (Wildman–Crippen MR) is 110 cm³/mol. The molecule has 3 rings (SSSR count). The number of halogens is 1. The van der Waals surface area contributed by atoms with Gasteiger partial charge in [0.05, 0.1) is 11.0 Å². The lowest BCUT2D eigenvalue weighted by Gasteiger charge is -2.28. The zero-order chi connectivity index (χ0) is 19.9. The molecule has 2 aromatic carbocycles. The quantitative estimate of drug-likeness (QED) is 0.429. The molecule has 6 nitrogen and oxygen atoms in total. The number of hydrogen-bond acceptors (Lipinski definition) is 4. The summed E-state index contributed by atoms with van der Waals surface area (Å²) in [4.78, 5) is 24.9. The Bertz CT molecular complexity index is 861. The fourth-order valence-corrected chi connectivity index (χ4v) is 3.56. The van der Waals surface area contributed by atoms with E-state index >= 15 is 0 Å². The fraction of sp³-hybridized carbons (Fsp3) is 0.286. The van der Waals surface area contributed by atoms with Gasteiger partial charge in [0.2, 0.25) is 5.91 Å². The van der Waals surface area contributed by atoms with E-state index in [4.69, 9.17) is 11.6 Å². The molecule has 0 spiro atoms. The van der Waals surface area contributed by atoms with E-state index in [2.05, 4.69) is 10.2 Å². The van der Waals surface area contributed by atoms with Crippen LogP contribution in [0.25, 0.3) is 6.08 Å². The van der Waals surface area contributed by atoms with E-state index in [1.807, 2.05) is 24.3 Å². The van der Waals surface area contributed by atoms with Crippen molar-refractivity contribution in [1.29, 1.82) is 0 Å². The third-order valence-corrected chi connectivity index (χ3v) is 5.05. The topological polar surface area (TPSA) is 75.5 Å². The summed E-state index contributed by atoms with van der Waals surface area (Å²) in [5.41, 5.74) is 1.84. The summed E-state index contributed by atoms with van der Waals surface area (Å²) >= 11 is 6.15. The number of non-ortho nitro benzene ring substituents is 1. The van der Waals surface area contributed by atoms with E-state index in [1.54, 1.807) is 18.2 Å². The highest BCUT2D eigenvalue weighted by Crippen LogP contribution is 2.26. The Hall–Kier alpha value is -2.70. The monoisotopic (exact) mass is 399 g/mol. The van der Waals surface area contributed by atoms with Crippen LogP contribution >= 0.6 is 11.6 Å². The highest BCUT2D eigenvalue weighted by atomic mass is 35.5. The molecule has 7 heteroatoms. The number of rotatable bonds is 7. The van der Waals surface area contributed by atoms with Gasteiger partial charge in [-0.25, -0.2) is 0 Å². The molecule has 1 atom stereocenters. The maximum Gasteiger partial charge on any atom is 0.269 e. The van der Waals surface area contributed by atoms with Crippen LogP contribution in [0.4, 0.5) is 5.69 Å². The third-order valence-electron chi connectivity index (χ3n) is 4.82. The number of hydrogen-bond donors (Lipinski definition) is 1. The Kier molecular flexibility index (Phi) is 6.79. The standard InChI is InChI=1S/C21H22ClN3O3/c22-18-5-3-4-17(14-18)20(24-12-1-2-13-24)15-23-21(26)11-8-16-6-9-19(10-7-16)25(27)28/h3-11,14,20H,1-2,12-13,15H2,(H,23,26)/b11-8+. The summed E-state index contributed by atoms with van der Waals surface area (Å²) in [5, 5.41) is 14.3. The molecule has 1 amide bonds. The van der Waals surface area contributed by atoms with Gasteiger partial charge in [-0.15, -0.1) is 0 Å². The molecule has 1 aliphatic rings. The third kappa shape index (κ3) is 5.41. The lowest BCUT2D eigenvalue weighted by Crippen LogP contribution is -2.36.